The van der Waals surface area contributed by atoms with Crippen LogP contribution >= 0.6 is 0 Å². The second-order valence-corrected chi connectivity index (χ2v) is 14.3. The fourth-order valence-corrected chi connectivity index (χ4v) is 6.93. The fraction of sp³-hybridized carbons (Fsp3) is 0.906. The minimum absolute atomic E-state index is 0.0213. The average Bonchev–Trinajstić information content (AvgIpc) is 2.94. The van der Waals surface area contributed by atoms with Gasteiger partial charge < -0.3 is 29.0 Å². The molecular weight excluding hydrogens is 552 g/mol. The van der Waals surface area contributed by atoms with Crippen molar-refractivity contribution in [2.75, 3.05) is 81.2 Å². The lowest BCUT2D eigenvalue weighted by molar-refractivity contribution is -0.473. The summed E-state index contributed by atoms with van der Waals surface area (Å²) in [5.41, 5.74) is -1.53. The van der Waals surface area contributed by atoms with E-state index in [0.717, 1.165) is 45.0 Å². The third kappa shape index (κ3) is 8.62. The number of rotatable bonds is 5. The standard InChI is InChI=1S/C32H59N4O7/c1-21-17-32(6,40-11)28(43-29-26(37)25(33(7)8)16-22(2)42-29)23(3)27(38)31(4,5)30(39)41-20-24(35(10)18-21)19-36-14-12-34(9)13-15-36/h21-24,26,28-29,37H,12-20H2,1-11H3/q+1/t21-,22-,23+,24-,26-,28-,29+,32-/m1/s1. The molecule has 8 atom stereocenters. The third-order valence-electron chi connectivity index (χ3n) is 9.83. The third-order valence-corrected chi connectivity index (χ3v) is 9.83. The molecule has 0 unspecified atom stereocenters. The lowest BCUT2D eigenvalue weighted by Gasteiger charge is -2.45. The van der Waals surface area contributed by atoms with E-state index in [1.165, 1.54) is 0 Å². The summed E-state index contributed by atoms with van der Waals surface area (Å²) in [6.07, 6.45) is -1.82. The van der Waals surface area contributed by atoms with Crippen molar-refractivity contribution in [3.8, 4) is 0 Å². The highest BCUT2D eigenvalue weighted by Crippen LogP contribution is 2.37. The van der Waals surface area contributed by atoms with Crippen LogP contribution in [0.5, 0.6) is 0 Å². The van der Waals surface area contributed by atoms with Crippen molar-refractivity contribution < 1.29 is 38.2 Å². The number of esters is 1. The first kappa shape index (κ1) is 36.0. The number of carbonyl (C=O) groups is 2. The van der Waals surface area contributed by atoms with Crippen LogP contribution in [-0.2, 0) is 28.5 Å². The van der Waals surface area contributed by atoms with Gasteiger partial charge in [0.05, 0.1) is 30.3 Å². The maximum Gasteiger partial charge on any atom is 0.319 e. The first-order valence-electron chi connectivity index (χ1n) is 15.9. The average molecular weight is 612 g/mol. The Hall–Kier alpha value is -1.47. The number of hydrogen-bond donors (Lipinski definition) is 1. The van der Waals surface area contributed by atoms with Gasteiger partial charge in [-0.3, -0.25) is 19.4 Å². The van der Waals surface area contributed by atoms with Crippen molar-refractivity contribution in [1.82, 2.24) is 14.7 Å². The monoisotopic (exact) mass is 611 g/mol. The molecule has 0 aliphatic carbocycles. The van der Waals surface area contributed by atoms with Crippen molar-refractivity contribution in [2.45, 2.75) is 90.6 Å². The molecule has 3 aliphatic heterocycles. The van der Waals surface area contributed by atoms with Gasteiger partial charge in [0.25, 0.3) is 0 Å². The molecule has 0 radical (unpaired) electrons. The van der Waals surface area contributed by atoms with Crippen LogP contribution in [0, 0.1) is 17.3 Å². The van der Waals surface area contributed by atoms with Crippen LogP contribution in [0.1, 0.15) is 54.4 Å². The van der Waals surface area contributed by atoms with E-state index in [4.69, 9.17) is 18.9 Å². The maximum absolute atomic E-state index is 14.2. The SMILES string of the molecule is CO[C@]1(C)C[C@@H](C)CN(C)[C@H](CN2CCN(C)CC2)COC(=O)C(C)(C)C(=O)[C@H](C)[C@H]1O[C@@H]1O[C@H](C)CC(=[N+](C)C)[C@H]1O. The van der Waals surface area contributed by atoms with Crippen molar-refractivity contribution in [1.29, 1.82) is 0 Å². The fourth-order valence-electron chi connectivity index (χ4n) is 6.93. The Morgan fingerprint density at radius 3 is 2.26 bits per heavy atom. The number of aliphatic hydroxyl groups excluding tert-OH is 1. The summed E-state index contributed by atoms with van der Waals surface area (Å²) in [7, 11) is 9.63. The Bertz CT molecular complexity index is 994. The van der Waals surface area contributed by atoms with Gasteiger partial charge in [-0.1, -0.05) is 13.8 Å². The summed E-state index contributed by atoms with van der Waals surface area (Å²) in [4.78, 5) is 34.7. The van der Waals surface area contributed by atoms with Gasteiger partial charge in [0.2, 0.25) is 0 Å². The number of aliphatic hydroxyl groups is 1. The minimum atomic E-state index is -1.41. The van der Waals surface area contributed by atoms with E-state index in [1.54, 1.807) is 27.9 Å². The molecule has 0 aromatic carbocycles. The van der Waals surface area contributed by atoms with E-state index < -0.39 is 41.4 Å². The molecule has 0 amide bonds. The summed E-state index contributed by atoms with van der Waals surface area (Å²) in [6.45, 7) is 16.8. The number of ether oxygens (including phenoxy) is 4. The summed E-state index contributed by atoms with van der Waals surface area (Å²) < 4.78 is 26.7. The lowest BCUT2D eigenvalue weighted by atomic mass is 9.74. The van der Waals surface area contributed by atoms with Crippen LogP contribution in [0.25, 0.3) is 0 Å². The van der Waals surface area contributed by atoms with Crippen LogP contribution in [0.4, 0.5) is 0 Å². The van der Waals surface area contributed by atoms with Crippen LogP contribution in [0.15, 0.2) is 0 Å². The number of Topliss-reactive ketones (excluding diaryl/α,β-unsaturated/α-hetero) is 1. The van der Waals surface area contributed by atoms with Crippen LogP contribution in [-0.4, -0.2) is 159 Å². The number of methoxy groups -OCH3 is 1. The molecular formula is C32H59N4O7+. The van der Waals surface area contributed by atoms with E-state index in [1.807, 2.05) is 32.5 Å². The summed E-state index contributed by atoms with van der Waals surface area (Å²) in [5, 5.41) is 11.3. The lowest BCUT2D eigenvalue weighted by Crippen LogP contribution is -2.57. The highest BCUT2D eigenvalue weighted by atomic mass is 16.7. The minimum Gasteiger partial charge on any atom is -0.463 e. The Morgan fingerprint density at radius 2 is 1.67 bits per heavy atom. The molecule has 3 saturated heterocycles. The molecule has 11 nitrogen and oxygen atoms in total. The number of carbonyl (C=O) groups excluding carboxylic acids is 2. The van der Waals surface area contributed by atoms with Gasteiger partial charge in [-0.2, -0.15) is 0 Å². The second-order valence-electron chi connectivity index (χ2n) is 14.3. The first-order chi connectivity index (χ1) is 20.0. The second kappa shape index (κ2) is 14.7. The van der Waals surface area contributed by atoms with Crippen molar-refractivity contribution in [3.63, 3.8) is 0 Å². The number of likely N-dealkylation sites (N-methyl/N-ethyl adjacent to an activating group) is 2. The number of hydrogen-bond acceptors (Lipinski definition) is 10. The van der Waals surface area contributed by atoms with Gasteiger partial charge in [0.15, 0.2) is 23.9 Å². The van der Waals surface area contributed by atoms with Crippen molar-refractivity contribution >= 4 is 17.5 Å². The molecule has 3 rings (SSSR count). The Balaban J connectivity index is 1.96. The molecule has 3 fully saturated rings. The van der Waals surface area contributed by atoms with E-state index in [-0.39, 0.29) is 30.5 Å². The van der Waals surface area contributed by atoms with Gasteiger partial charge in [-0.05, 0) is 54.1 Å². The molecule has 0 aromatic rings. The number of nitrogens with zero attached hydrogens (tertiary/aromatic N) is 4. The Labute approximate surface area is 259 Å². The summed E-state index contributed by atoms with van der Waals surface area (Å²) >= 11 is 0. The van der Waals surface area contributed by atoms with Crippen LogP contribution in [0.2, 0.25) is 0 Å². The quantitative estimate of drug-likeness (QED) is 0.278. The molecule has 0 bridgehead atoms. The van der Waals surface area contributed by atoms with Gasteiger partial charge >= 0.3 is 5.97 Å². The zero-order valence-corrected chi connectivity index (χ0v) is 28.6. The normalized spacial score (nSPS) is 38.1. The molecule has 0 aromatic heterocycles. The molecule has 248 valence electrons. The van der Waals surface area contributed by atoms with Crippen LogP contribution < -0.4 is 0 Å². The molecule has 11 heteroatoms. The zero-order valence-electron chi connectivity index (χ0n) is 28.6. The first-order valence-corrected chi connectivity index (χ1v) is 15.9. The van der Waals surface area contributed by atoms with Crippen LogP contribution in [0.3, 0.4) is 0 Å². The topological polar surface area (TPSA) is 104 Å². The molecule has 3 heterocycles. The van der Waals surface area contributed by atoms with E-state index in [0.29, 0.717) is 12.8 Å². The molecule has 43 heavy (non-hydrogen) atoms. The summed E-state index contributed by atoms with van der Waals surface area (Å²) in [5.74, 6) is -1.44. The zero-order chi connectivity index (χ0) is 32.3. The largest absolute Gasteiger partial charge is 0.463 e. The van der Waals surface area contributed by atoms with Crippen molar-refractivity contribution in [3.05, 3.63) is 0 Å². The van der Waals surface area contributed by atoms with Gasteiger partial charge in [-0.15, -0.1) is 0 Å². The molecule has 0 saturated carbocycles. The predicted octanol–water partition coefficient (Wildman–Crippen LogP) is 1.35. The van der Waals surface area contributed by atoms with E-state index in [2.05, 4.69) is 35.7 Å². The number of piperazine rings is 1. The summed E-state index contributed by atoms with van der Waals surface area (Å²) in [6, 6.07) is -0.0213. The Morgan fingerprint density at radius 1 is 1.05 bits per heavy atom. The highest BCUT2D eigenvalue weighted by Gasteiger charge is 2.51. The van der Waals surface area contributed by atoms with Gasteiger partial charge in [0, 0.05) is 52.3 Å². The number of cyclic esters (lactones) is 1. The Kier molecular flexibility index (Phi) is 12.3. The van der Waals surface area contributed by atoms with Gasteiger partial charge in [0.1, 0.15) is 26.1 Å². The van der Waals surface area contributed by atoms with E-state index in [9.17, 15) is 14.7 Å². The highest BCUT2D eigenvalue weighted by molar-refractivity contribution is 6.04. The number of ketones is 1. The molecule has 3 aliphatic rings. The maximum atomic E-state index is 14.2. The molecule has 0 spiro atoms. The smallest absolute Gasteiger partial charge is 0.319 e. The van der Waals surface area contributed by atoms with Crippen molar-refractivity contribution in [2.24, 2.45) is 17.3 Å². The van der Waals surface area contributed by atoms with Gasteiger partial charge in [-0.25, -0.2) is 4.58 Å². The predicted molar refractivity (Wildman–Crippen MR) is 165 cm³/mol. The molecule has 1 N–H and O–H groups in total. The van der Waals surface area contributed by atoms with E-state index >= 15 is 0 Å².